The number of nitrogens with one attached hydrogen (secondary N) is 1. The molecular weight excluding hydrogens is 360 g/mol. The summed E-state index contributed by atoms with van der Waals surface area (Å²) in [7, 11) is 0. The first-order valence-corrected chi connectivity index (χ1v) is 9.39. The Kier molecular flexibility index (Phi) is 4.84. The number of ether oxygens (including phenoxy) is 1. The molecule has 3 heterocycles. The van der Waals surface area contributed by atoms with E-state index in [0.717, 1.165) is 21.7 Å². The molecule has 0 radical (unpaired) electrons. The fraction of sp³-hybridized carbons (Fsp3) is 0.150. The zero-order valence-electron chi connectivity index (χ0n) is 14.8. The molecule has 0 bridgehead atoms. The molecule has 0 unspecified atom stereocenters. The maximum absolute atomic E-state index is 12.5. The third-order valence-corrected chi connectivity index (χ3v) is 5.23. The average molecular weight is 378 g/mol. The number of benzene rings is 1. The second-order valence-electron chi connectivity index (χ2n) is 5.94. The molecule has 0 saturated heterocycles. The van der Waals surface area contributed by atoms with E-state index in [-0.39, 0.29) is 5.91 Å². The zero-order valence-corrected chi connectivity index (χ0v) is 15.6. The Morgan fingerprint density at radius 3 is 2.85 bits per heavy atom. The molecule has 0 atom stereocenters. The molecule has 4 rings (SSSR count). The molecule has 0 fully saturated rings. The van der Waals surface area contributed by atoms with Gasteiger partial charge < -0.3 is 14.6 Å². The summed E-state index contributed by atoms with van der Waals surface area (Å²) in [5.74, 6) is 0.578. The van der Waals surface area contributed by atoms with E-state index in [1.54, 1.807) is 6.20 Å². The summed E-state index contributed by atoms with van der Waals surface area (Å²) in [6.45, 7) is 2.61. The monoisotopic (exact) mass is 378 g/mol. The summed E-state index contributed by atoms with van der Waals surface area (Å²) in [6.07, 6.45) is 5.56. The van der Waals surface area contributed by atoms with Crippen LogP contribution in [0.25, 0.3) is 16.0 Å². The van der Waals surface area contributed by atoms with Gasteiger partial charge in [0.05, 0.1) is 12.2 Å². The number of fused-ring (bicyclic) bond motifs is 1. The molecular formula is C20H18N4O2S. The van der Waals surface area contributed by atoms with E-state index < -0.39 is 0 Å². The number of carbonyl (C=O) groups is 1. The first-order chi connectivity index (χ1) is 13.2. The maximum atomic E-state index is 12.5. The molecule has 3 aromatic heterocycles. The van der Waals surface area contributed by atoms with E-state index in [2.05, 4.69) is 15.3 Å². The number of para-hydroxylation sites is 1. The van der Waals surface area contributed by atoms with Crippen LogP contribution in [0.2, 0.25) is 0 Å². The molecule has 1 N–H and O–H groups in total. The molecule has 0 aliphatic carbocycles. The Morgan fingerprint density at radius 1 is 1.19 bits per heavy atom. The van der Waals surface area contributed by atoms with E-state index in [0.29, 0.717) is 23.8 Å². The molecule has 0 saturated carbocycles. The first-order valence-electron chi connectivity index (χ1n) is 8.58. The molecule has 136 valence electrons. The van der Waals surface area contributed by atoms with Gasteiger partial charge in [0, 0.05) is 24.0 Å². The number of amides is 1. The van der Waals surface area contributed by atoms with Gasteiger partial charge in [-0.15, -0.1) is 0 Å². The summed E-state index contributed by atoms with van der Waals surface area (Å²) in [5, 5.41) is 4.70. The van der Waals surface area contributed by atoms with Gasteiger partial charge in [-0.2, -0.15) is 0 Å². The van der Waals surface area contributed by atoms with Gasteiger partial charge in [0.1, 0.15) is 22.8 Å². The summed E-state index contributed by atoms with van der Waals surface area (Å²) in [4.78, 5) is 21.9. The highest BCUT2D eigenvalue weighted by molar-refractivity contribution is 7.16. The van der Waals surface area contributed by atoms with Crippen molar-refractivity contribution < 1.29 is 9.53 Å². The number of rotatable bonds is 6. The molecule has 4 aromatic rings. The molecule has 1 aromatic carbocycles. The van der Waals surface area contributed by atoms with Crippen LogP contribution in [0.15, 0.2) is 61.1 Å². The van der Waals surface area contributed by atoms with Crippen LogP contribution in [-0.2, 0) is 0 Å². The summed E-state index contributed by atoms with van der Waals surface area (Å²) >= 11 is 1.37. The predicted molar refractivity (Wildman–Crippen MR) is 106 cm³/mol. The highest BCUT2D eigenvalue weighted by Gasteiger charge is 2.15. The van der Waals surface area contributed by atoms with Crippen molar-refractivity contribution >= 4 is 28.1 Å². The van der Waals surface area contributed by atoms with Crippen molar-refractivity contribution in [3.05, 3.63) is 71.6 Å². The van der Waals surface area contributed by atoms with E-state index in [9.17, 15) is 4.79 Å². The molecule has 7 heteroatoms. The number of aromatic nitrogens is 3. The predicted octanol–water partition coefficient (Wildman–Crippen LogP) is 3.60. The third kappa shape index (κ3) is 3.68. The smallest absolute Gasteiger partial charge is 0.263 e. The van der Waals surface area contributed by atoms with E-state index in [1.807, 2.05) is 66.3 Å². The fourth-order valence-electron chi connectivity index (χ4n) is 2.76. The minimum atomic E-state index is -0.136. The molecule has 0 aliphatic rings. The first kappa shape index (κ1) is 17.2. The lowest BCUT2D eigenvalue weighted by Crippen LogP contribution is -2.28. The summed E-state index contributed by atoms with van der Waals surface area (Å²) in [6, 6.07) is 13.5. The standard InChI is InChI=1S/C20H18N4O2S/c1-14-18(27-20(23-14)24-11-2-3-12-24)19(25)22-10-13-26-16-8-4-6-15-7-5-9-21-17(15)16/h2-9,11-12H,10,13H2,1H3,(H,22,25). The average Bonchev–Trinajstić information content (AvgIpc) is 3.35. The molecule has 1 amide bonds. The number of hydrogen-bond acceptors (Lipinski definition) is 5. The van der Waals surface area contributed by atoms with Crippen LogP contribution in [0, 0.1) is 6.92 Å². The van der Waals surface area contributed by atoms with E-state index in [4.69, 9.17) is 4.74 Å². The molecule has 27 heavy (non-hydrogen) atoms. The van der Waals surface area contributed by atoms with Crippen LogP contribution in [0.3, 0.4) is 0 Å². The summed E-state index contributed by atoms with van der Waals surface area (Å²) < 4.78 is 7.70. The minimum absolute atomic E-state index is 0.136. The molecule has 6 nitrogen and oxygen atoms in total. The molecule has 0 aliphatic heterocycles. The van der Waals surface area contributed by atoms with Crippen molar-refractivity contribution in [1.29, 1.82) is 0 Å². The SMILES string of the molecule is Cc1nc(-n2cccc2)sc1C(=O)NCCOc1cccc2cccnc12. The van der Waals surface area contributed by atoms with Crippen molar-refractivity contribution in [2.24, 2.45) is 0 Å². The highest BCUT2D eigenvalue weighted by Crippen LogP contribution is 2.23. The minimum Gasteiger partial charge on any atom is -0.489 e. The topological polar surface area (TPSA) is 69.0 Å². The van der Waals surface area contributed by atoms with Crippen LogP contribution < -0.4 is 10.1 Å². The van der Waals surface area contributed by atoms with Crippen LogP contribution in [0.1, 0.15) is 15.4 Å². The Bertz CT molecular complexity index is 1070. The van der Waals surface area contributed by atoms with Crippen molar-refractivity contribution in [1.82, 2.24) is 19.9 Å². The number of nitrogens with zero attached hydrogens (tertiary/aromatic N) is 3. The zero-order chi connectivity index (χ0) is 18.6. The van der Waals surface area contributed by atoms with Crippen molar-refractivity contribution in [2.75, 3.05) is 13.2 Å². The van der Waals surface area contributed by atoms with Crippen LogP contribution in [0.4, 0.5) is 0 Å². The van der Waals surface area contributed by atoms with Gasteiger partial charge in [-0.05, 0) is 31.2 Å². The van der Waals surface area contributed by atoms with Crippen LogP contribution >= 0.6 is 11.3 Å². The Balaban J connectivity index is 1.36. The lowest BCUT2D eigenvalue weighted by Gasteiger charge is -2.09. The third-order valence-electron chi connectivity index (χ3n) is 4.06. The number of aryl methyl sites for hydroxylation is 1. The highest BCUT2D eigenvalue weighted by atomic mass is 32.1. The van der Waals surface area contributed by atoms with Gasteiger partial charge >= 0.3 is 0 Å². The van der Waals surface area contributed by atoms with Gasteiger partial charge in [0.25, 0.3) is 5.91 Å². The Labute approximate surface area is 160 Å². The lowest BCUT2D eigenvalue weighted by atomic mass is 10.2. The summed E-state index contributed by atoms with van der Waals surface area (Å²) in [5.41, 5.74) is 1.54. The second kappa shape index (κ2) is 7.59. The largest absolute Gasteiger partial charge is 0.489 e. The number of thiazole rings is 1. The number of pyridine rings is 1. The van der Waals surface area contributed by atoms with Gasteiger partial charge in [-0.25, -0.2) is 4.98 Å². The van der Waals surface area contributed by atoms with Crippen LogP contribution in [0.5, 0.6) is 5.75 Å². The quantitative estimate of drug-likeness (QED) is 0.521. The second-order valence-corrected chi connectivity index (χ2v) is 6.91. The van der Waals surface area contributed by atoms with Gasteiger partial charge in [-0.3, -0.25) is 9.78 Å². The molecule has 0 spiro atoms. The van der Waals surface area contributed by atoms with Crippen molar-refractivity contribution in [3.63, 3.8) is 0 Å². The Hall–Kier alpha value is -3.19. The van der Waals surface area contributed by atoms with Crippen molar-refractivity contribution in [3.8, 4) is 10.9 Å². The van der Waals surface area contributed by atoms with Crippen molar-refractivity contribution in [2.45, 2.75) is 6.92 Å². The normalized spacial score (nSPS) is 10.9. The van der Waals surface area contributed by atoms with Gasteiger partial charge in [-0.1, -0.05) is 29.5 Å². The lowest BCUT2D eigenvalue weighted by molar-refractivity contribution is 0.0950. The number of hydrogen-bond donors (Lipinski definition) is 1. The Morgan fingerprint density at radius 2 is 2.00 bits per heavy atom. The maximum Gasteiger partial charge on any atom is 0.263 e. The fourth-order valence-corrected chi connectivity index (χ4v) is 3.71. The number of carbonyl (C=O) groups excluding carboxylic acids is 1. The van der Waals surface area contributed by atoms with Gasteiger partial charge in [0.2, 0.25) is 0 Å². The van der Waals surface area contributed by atoms with Gasteiger partial charge in [0.15, 0.2) is 5.13 Å². The van der Waals surface area contributed by atoms with Crippen LogP contribution in [-0.4, -0.2) is 33.6 Å². The van der Waals surface area contributed by atoms with E-state index in [1.165, 1.54) is 11.3 Å². The van der Waals surface area contributed by atoms with E-state index >= 15 is 0 Å².